The zero-order valence-electron chi connectivity index (χ0n) is 15.3. The predicted molar refractivity (Wildman–Crippen MR) is 101 cm³/mol. The molecule has 0 unspecified atom stereocenters. The van der Waals surface area contributed by atoms with Gasteiger partial charge in [-0.15, -0.1) is 0 Å². The molecule has 0 bridgehead atoms. The standard InChI is InChI=1S/C20H25N5O/c1-23-14-10-21-18(23)15-25-11-4-7-20(25)8-12-24(13-9-20)19-22-16-5-2-3-6-17(16)26-19/h2-3,5-6,10,14H,4,7-9,11-13,15H2,1H3. The van der Waals surface area contributed by atoms with Crippen LogP contribution in [-0.4, -0.2) is 44.6 Å². The van der Waals surface area contributed by atoms with Crippen LogP contribution in [0.4, 0.5) is 6.01 Å². The Balaban J connectivity index is 1.31. The van der Waals surface area contributed by atoms with E-state index in [2.05, 4.69) is 31.4 Å². The van der Waals surface area contributed by atoms with Crippen LogP contribution in [0, 0.1) is 0 Å². The summed E-state index contributed by atoms with van der Waals surface area (Å²) >= 11 is 0. The van der Waals surface area contributed by atoms with E-state index in [-0.39, 0.29) is 0 Å². The van der Waals surface area contributed by atoms with Crippen molar-refractivity contribution in [1.29, 1.82) is 0 Å². The first-order valence-corrected chi connectivity index (χ1v) is 9.55. The lowest BCUT2D eigenvalue weighted by Gasteiger charge is -2.44. The van der Waals surface area contributed by atoms with Gasteiger partial charge in [0, 0.05) is 38.1 Å². The van der Waals surface area contributed by atoms with E-state index in [1.54, 1.807) is 0 Å². The van der Waals surface area contributed by atoms with Crippen LogP contribution < -0.4 is 4.90 Å². The van der Waals surface area contributed by atoms with Gasteiger partial charge in [0.2, 0.25) is 0 Å². The van der Waals surface area contributed by atoms with Crippen molar-refractivity contribution < 1.29 is 4.42 Å². The number of para-hydroxylation sites is 2. The molecule has 0 N–H and O–H groups in total. The van der Waals surface area contributed by atoms with Gasteiger partial charge >= 0.3 is 0 Å². The van der Waals surface area contributed by atoms with E-state index in [1.165, 1.54) is 19.4 Å². The van der Waals surface area contributed by atoms with Crippen molar-refractivity contribution in [2.75, 3.05) is 24.5 Å². The number of anilines is 1. The quantitative estimate of drug-likeness (QED) is 0.725. The van der Waals surface area contributed by atoms with Crippen molar-refractivity contribution in [2.45, 2.75) is 37.8 Å². The topological polar surface area (TPSA) is 50.3 Å². The Bertz CT molecular complexity index is 873. The summed E-state index contributed by atoms with van der Waals surface area (Å²) in [6.07, 6.45) is 8.83. The number of rotatable bonds is 3. The van der Waals surface area contributed by atoms with Crippen LogP contribution >= 0.6 is 0 Å². The molecule has 26 heavy (non-hydrogen) atoms. The molecule has 6 nitrogen and oxygen atoms in total. The summed E-state index contributed by atoms with van der Waals surface area (Å²) in [7, 11) is 2.08. The number of hydrogen-bond acceptors (Lipinski definition) is 5. The minimum Gasteiger partial charge on any atom is -0.423 e. The minimum absolute atomic E-state index is 0.314. The largest absolute Gasteiger partial charge is 0.423 e. The molecule has 3 aromatic rings. The number of piperidine rings is 1. The molecule has 0 atom stereocenters. The van der Waals surface area contributed by atoms with E-state index < -0.39 is 0 Å². The van der Waals surface area contributed by atoms with Crippen LogP contribution in [0.3, 0.4) is 0 Å². The molecule has 2 aliphatic rings. The fraction of sp³-hybridized carbons (Fsp3) is 0.500. The molecule has 1 spiro atoms. The molecule has 6 heteroatoms. The van der Waals surface area contributed by atoms with Crippen molar-refractivity contribution in [3.05, 3.63) is 42.5 Å². The number of likely N-dealkylation sites (tertiary alicyclic amines) is 1. The summed E-state index contributed by atoms with van der Waals surface area (Å²) in [5, 5.41) is 0. The van der Waals surface area contributed by atoms with Gasteiger partial charge in [-0.1, -0.05) is 12.1 Å². The van der Waals surface area contributed by atoms with Gasteiger partial charge in [-0.2, -0.15) is 4.98 Å². The van der Waals surface area contributed by atoms with Gasteiger partial charge in [0.05, 0.1) is 6.54 Å². The molecule has 2 saturated heterocycles. The third-order valence-electron chi connectivity index (χ3n) is 6.24. The summed E-state index contributed by atoms with van der Waals surface area (Å²) in [5.41, 5.74) is 2.13. The van der Waals surface area contributed by atoms with E-state index >= 15 is 0 Å². The molecule has 0 amide bonds. The SMILES string of the molecule is Cn1ccnc1CN1CCCC12CCN(c1nc3ccccc3o1)CC2. The second kappa shape index (κ2) is 6.13. The first-order valence-electron chi connectivity index (χ1n) is 9.55. The summed E-state index contributed by atoms with van der Waals surface area (Å²) in [6, 6.07) is 8.78. The number of aryl methyl sites for hydroxylation is 1. The van der Waals surface area contributed by atoms with E-state index in [0.29, 0.717) is 5.54 Å². The first kappa shape index (κ1) is 15.9. The second-order valence-electron chi connectivity index (χ2n) is 7.66. The monoisotopic (exact) mass is 351 g/mol. The van der Waals surface area contributed by atoms with Crippen molar-refractivity contribution in [2.24, 2.45) is 7.05 Å². The fourth-order valence-electron chi connectivity index (χ4n) is 4.64. The maximum atomic E-state index is 5.97. The van der Waals surface area contributed by atoms with Crippen molar-refractivity contribution in [3.8, 4) is 0 Å². The zero-order valence-corrected chi connectivity index (χ0v) is 15.3. The lowest BCUT2D eigenvalue weighted by Crippen LogP contribution is -2.52. The van der Waals surface area contributed by atoms with E-state index in [0.717, 1.165) is 55.4 Å². The highest BCUT2D eigenvalue weighted by molar-refractivity contribution is 5.74. The number of aromatic nitrogens is 3. The predicted octanol–water partition coefficient (Wildman–Crippen LogP) is 3.20. The summed E-state index contributed by atoms with van der Waals surface area (Å²) < 4.78 is 8.11. The third-order valence-corrected chi connectivity index (χ3v) is 6.24. The van der Waals surface area contributed by atoms with Crippen molar-refractivity contribution in [3.63, 3.8) is 0 Å². The van der Waals surface area contributed by atoms with Crippen molar-refractivity contribution in [1.82, 2.24) is 19.4 Å². The van der Waals surface area contributed by atoms with Crippen LogP contribution in [0.15, 0.2) is 41.1 Å². The van der Waals surface area contributed by atoms with Gasteiger partial charge in [0.1, 0.15) is 11.3 Å². The second-order valence-corrected chi connectivity index (χ2v) is 7.66. The Hall–Kier alpha value is -2.34. The summed E-state index contributed by atoms with van der Waals surface area (Å²) in [5.74, 6) is 1.16. The summed E-state index contributed by atoms with van der Waals surface area (Å²) in [4.78, 5) is 14.2. The van der Waals surface area contributed by atoms with Gasteiger partial charge in [-0.3, -0.25) is 4.90 Å². The third kappa shape index (κ3) is 2.60. The average molecular weight is 351 g/mol. The van der Waals surface area contributed by atoms with E-state index in [1.807, 2.05) is 36.7 Å². The molecule has 2 aromatic heterocycles. The zero-order chi connectivity index (χ0) is 17.6. The lowest BCUT2D eigenvalue weighted by molar-refractivity contribution is 0.0951. The van der Waals surface area contributed by atoms with Crippen LogP contribution in [0.1, 0.15) is 31.5 Å². The number of hydrogen-bond donors (Lipinski definition) is 0. The van der Waals surface area contributed by atoms with Gasteiger partial charge in [0.25, 0.3) is 6.01 Å². The number of nitrogens with zero attached hydrogens (tertiary/aromatic N) is 5. The Morgan fingerprint density at radius 2 is 1.96 bits per heavy atom. The van der Waals surface area contributed by atoms with Crippen LogP contribution in [0.5, 0.6) is 0 Å². The van der Waals surface area contributed by atoms with Crippen LogP contribution in [0.2, 0.25) is 0 Å². The van der Waals surface area contributed by atoms with Crippen LogP contribution in [-0.2, 0) is 13.6 Å². The highest BCUT2D eigenvalue weighted by atomic mass is 16.4. The highest BCUT2D eigenvalue weighted by Crippen LogP contribution is 2.40. The maximum Gasteiger partial charge on any atom is 0.298 e. The molecule has 0 saturated carbocycles. The molecule has 0 aliphatic carbocycles. The number of oxazole rings is 1. The number of fused-ring (bicyclic) bond motifs is 1. The average Bonchev–Trinajstić information content (AvgIpc) is 3.36. The summed E-state index contributed by atoms with van der Waals surface area (Å²) in [6.45, 7) is 4.13. The molecular formula is C20H25N5O. The van der Waals surface area contributed by atoms with Gasteiger partial charge < -0.3 is 13.9 Å². The molecule has 0 radical (unpaired) electrons. The Labute approximate surface area is 153 Å². The molecule has 136 valence electrons. The molecular weight excluding hydrogens is 326 g/mol. The Morgan fingerprint density at radius 1 is 1.12 bits per heavy atom. The maximum absolute atomic E-state index is 5.97. The number of benzene rings is 1. The molecule has 2 aliphatic heterocycles. The molecule has 1 aromatic carbocycles. The highest BCUT2D eigenvalue weighted by Gasteiger charge is 2.43. The lowest BCUT2D eigenvalue weighted by atomic mass is 9.85. The smallest absolute Gasteiger partial charge is 0.298 e. The van der Waals surface area contributed by atoms with E-state index in [9.17, 15) is 0 Å². The Kier molecular flexibility index (Phi) is 3.74. The fourth-order valence-corrected chi connectivity index (χ4v) is 4.64. The molecule has 4 heterocycles. The van der Waals surface area contributed by atoms with Crippen LogP contribution in [0.25, 0.3) is 11.1 Å². The Morgan fingerprint density at radius 3 is 2.73 bits per heavy atom. The van der Waals surface area contributed by atoms with Gasteiger partial charge in [-0.05, 0) is 44.4 Å². The molecule has 5 rings (SSSR count). The normalized spacial score (nSPS) is 20.4. The minimum atomic E-state index is 0.314. The van der Waals surface area contributed by atoms with Gasteiger partial charge in [0.15, 0.2) is 5.58 Å². The van der Waals surface area contributed by atoms with Crippen molar-refractivity contribution >= 4 is 17.1 Å². The molecule has 2 fully saturated rings. The number of imidazole rings is 1. The van der Waals surface area contributed by atoms with Gasteiger partial charge in [-0.25, -0.2) is 4.98 Å². The van der Waals surface area contributed by atoms with E-state index in [4.69, 9.17) is 4.42 Å². The first-order chi connectivity index (χ1) is 12.7.